The molecule has 0 radical (unpaired) electrons. The van der Waals surface area contributed by atoms with Crippen LogP contribution < -0.4 is 0 Å². The van der Waals surface area contributed by atoms with Crippen LogP contribution in [0, 0.1) is 5.92 Å². The standard InChI is InChI=1S/C13H25NO/c1-11(2)4-3-7-13(15)8-9-14(10-13)12-5-6-12/h11-12,15H,3-10H2,1-2H3. The zero-order valence-electron chi connectivity index (χ0n) is 10.2. The van der Waals surface area contributed by atoms with Gasteiger partial charge in [-0.15, -0.1) is 0 Å². The number of likely N-dealkylation sites (tertiary alicyclic amines) is 1. The summed E-state index contributed by atoms with van der Waals surface area (Å²) in [6.45, 7) is 6.59. The summed E-state index contributed by atoms with van der Waals surface area (Å²) in [6.07, 6.45) is 7.18. The predicted octanol–water partition coefficient (Wildman–Crippen LogP) is 2.41. The van der Waals surface area contributed by atoms with Gasteiger partial charge >= 0.3 is 0 Å². The topological polar surface area (TPSA) is 23.5 Å². The lowest BCUT2D eigenvalue weighted by atomic mass is 9.93. The first-order valence-corrected chi connectivity index (χ1v) is 6.55. The van der Waals surface area contributed by atoms with Gasteiger partial charge in [0.15, 0.2) is 0 Å². The fourth-order valence-electron chi connectivity index (χ4n) is 2.68. The highest BCUT2D eigenvalue weighted by Gasteiger charge is 2.41. The van der Waals surface area contributed by atoms with Gasteiger partial charge in [0.1, 0.15) is 0 Å². The molecule has 2 rings (SSSR count). The van der Waals surface area contributed by atoms with Crippen LogP contribution in [0.25, 0.3) is 0 Å². The van der Waals surface area contributed by atoms with Crippen LogP contribution in [0.2, 0.25) is 0 Å². The summed E-state index contributed by atoms with van der Waals surface area (Å²) in [5, 5.41) is 10.4. The summed E-state index contributed by atoms with van der Waals surface area (Å²) < 4.78 is 0. The minimum absolute atomic E-state index is 0.350. The fraction of sp³-hybridized carbons (Fsp3) is 1.00. The zero-order valence-corrected chi connectivity index (χ0v) is 10.2. The minimum atomic E-state index is -0.350. The molecule has 15 heavy (non-hydrogen) atoms. The van der Waals surface area contributed by atoms with E-state index in [2.05, 4.69) is 18.7 Å². The molecule has 0 aromatic heterocycles. The fourth-order valence-corrected chi connectivity index (χ4v) is 2.68. The van der Waals surface area contributed by atoms with Crippen molar-refractivity contribution >= 4 is 0 Å². The highest BCUT2D eigenvalue weighted by molar-refractivity contribution is 4.96. The van der Waals surface area contributed by atoms with Crippen LogP contribution in [0.15, 0.2) is 0 Å². The maximum absolute atomic E-state index is 10.4. The molecule has 1 heterocycles. The van der Waals surface area contributed by atoms with E-state index in [0.29, 0.717) is 0 Å². The first kappa shape index (κ1) is 11.4. The molecule has 0 aromatic carbocycles. The van der Waals surface area contributed by atoms with Gasteiger partial charge in [-0.05, 0) is 31.6 Å². The summed E-state index contributed by atoms with van der Waals surface area (Å²) in [5.41, 5.74) is -0.350. The Bertz CT molecular complexity index is 213. The van der Waals surface area contributed by atoms with Gasteiger partial charge in [-0.25, -0.2) is 0 Å². The molecule has 1 aliphatic carbocycles. The van der Waals surface area contributed by atoms with Crippen molar-refractivity contribution in [3.8, 4) is 0 Å². The monoisotopic (exact) mass is 211 g/mol. The average molecular weight is 211 g/mol. The molecule has 1 unspecified atom stereocenters. The molecule has 0 spiro atoms. The van der Waals surface area contributed by atoms with Crippen molar-refractivity contribution in [2.75, 3.05) is 13.1 Å². The van der Waals surface area contributed by atoms with Gasteiger partial charge in [-0.3, -0.25) is 4.90 Å². The summed E-state index contributed by atoms with van der Waals surface area (Å²) in [6, 6.07) is 0.823. The normalized spacial score (nSPS) is 32.8. The number of β-amino-alcohol motifs (C(OH)–C–C–N with tert-alkyl or cyclic N) is 1. The van der Waals surface area contributed by atoms with Crippen molar-refractivity contribution < 1.29 is 5.11 Å². The van der Waals surface area contributed by atoms with Crippen LogP contribution in [0.5, 0.6) is 0 Å². The summed E-state index contributed by atoms with van der Waals surface area (Å²) in [4.78, 5) is 2.50. The third-order valence-electron chi connectivity index (χ3n) is 3.85. The molecule has 88 valence electrons. The highest BCUT2D eigenvalue weighted by atomic mass is 16.3. The predicted molar refractivity (Wildman–Crippen MR) is 62.9 cm³/mol. The average Bonchev–Trinajstić information content (AvgIpc) is 2.91. The summed E-state index contributed by atoms with van der Waals surface area (Å²) in [5.74, 6) is 0.773. The second-order valence-corrected chi connectivity index (χ2v) is 5.96. The molecule has 0 bridgehead atoms. The summed E-state index contributed by atoms with van der Waals surface area (Å²) >= 11 is 0. The minimum Gasteiger partial charge on any atom is -0.389 e. The van der Waals surface area contributed by atoms with E-state index in [1.165, 1.54) is 25.7 Å². The van der Waals surface area contributed by atoms with Crippen LogP contribution in [0.4, 0.5) is 0 Å². The van der Waals surface area contributed by atoms with Gasteiger partial charge in [0.2, 0.25) is 0 Å². The Hall–Kier alpha value is -0.0800. The van der Waals surface area contributed by atoms with E-state index >= 15 is 0 Å². The Morgan fingerprint density at radius 2 is 2.13 bits per heavy atom. The van der Waals surface area contributed by atoms with Gasteiger partial charge in [0, 0.05) is 19.1 Å². The first-order valence-electron chi connectivity index (χ1n) is 6.55. The number of aliphatic hydroxyl groups is 1. The van der Waals surface area contributed by atoms with Gasteiger partial charge in [0.05, 0.1) is 5.60 Å². The Morgan fingerprint density at radius 3 is 2.73 bits per heavy atom. The van der Waals surface area contributed by atoms with E-state index in [-0.39, 0.29) is 5.60 Å². The van der Waals surface area contributed by atoms with Crippen molar-refractivity contribution in [2.24, 2.45) is 5.92 Å². The lowest BCUT2D eigenvalue weighted by molar-refractivity contribution is 0.0365. The Kier molecular flexibility index (Phi) is 3.36. The van der Waals surface area contributed by atoms with Gasteiger partial charge in [0.25, 0.3) is 0 Å². The molecule has 2 heteroatoms. The Labute approximate surface area is 93.7 Å². The van der Waals surface area contributed by atoms with Crippen LogP contribution >= 0.6 is 0 Å². The van der Waals surface area contributed by atoms with Gasteiger partial charge < -0.3 is 5.11 Å². The third-order valence-corrected chi connectivity index (χ3v) is 3.85. The van der Waals surface area contributed by atoms with E-state index < -0.39 is 0 Å². The van der Waals surface area contributed by atoms with E-state index in [4.69, 9.17) is 0 Å². The van der Waals surface area contributed by atoms with Crippen molar-refractivity contribution in [1.82, 2.24) is 4.90 Å². The number of hydrogen-bond acceptors (Lipinski definition) is 2. The summed E-state index contributed by atoms with van der Waals surface area (Å²) in [7, 11) is 0. The second kappa shape index (κ2) is 4.42. The molecule has 1 atom stereocenters. The quantitative estimate of drug-likeness (QED) is 0.755. The van der Waals surface area contributed by atoms with Gasteiger partial charge in [-0.1, -0.05) is 26.7 Å². The second-order valence-electron chi connectivity index (χ2n) is 5.96. The SMILES string of the molecule is CC(C)CCCC1(O)CCN(C2CC2)C1. The Morgan fingerprint density at radius 1 is 1.40 bits per heavy atom. The molecule has 2 aliphatic rings. The largest absolute Gasteiger partial charge is 0.389 e. The van der Waals surface area contributed by atoms with Crippen molar-refractivity contribution in [3.63, 3.8) is 0 Å². The van der Waals surface area contributed by atoms with E-state index in [9.17, 15) is 5.11 Å². The molecule has 1 aliphatic heterocycles. The van der Waals surface area contributed by atoms with Crippen LogP contribution in [0.1, 0.15) is 52.4 Å². The lowest BCUT2D eigenvalue weighted by Crippen LogP contribution is -2.34. The van der Waals surface area contributed by atoms with E-state index in [1.54, 1.807) is 0 Å². The van der Waals surface area contributed by atoms with Crippen LogP contribution in [0.3, 0.4) is 0 Å². The van der Waals surface area contributed by atoms with E-state index in [0.717, 1.165) is 37.9 Å². The molecule has 1 saturated heterocycles. The molecule has 0 aromatic rings. The molecule has 0 amide bonds. The zero-order chi connectivity index (χ0) is 10.9. The molecule has 2 fully saturated rings. The lowest BCUT2D eigenvalue weighted by Gasteiger charge is -2.23. The molecule has 1 N–H and O–H groups in total. The van der Waals surface area contributed by atoms with Crippen LogP contribution in [-0.4, -0.2) is 34.7 Å². The number of rotatable bonds is 5. The van der Waals surface area contributed by atoms with Crippen molar-refractivity contribution in [3.05, 3.63) is 0 Å². The van der Waals surface area contributed by atoms with E-state index in [1.807, 2.05) is 0 Å². The molecule has 1 saturated carbocycles. The molecular weight excluding hydrogens is 186 g/mol. The van der Waals surface area contributed by atoms with Crippen LogP contribution in [-0.2, 0) is 0 Å². The maximum atomic E-state index is 10.4. The van der Waals surface area contributed by atoms with Gasteiger partial charge in [-0.2, -0.15) is 0 Å². The highest BCUT2D eigenvalue weighted by Crippen LogP contribution is 2.35. The number of hydrogen-bond donors (Lipinski definition) is 1. The molecule has 2 nitrogen and oxygen atoms in total. The molecular formula is C13H25NO. The number of nitrogens with zero attached hydrogens (tertiary/aromatic N) is 1. The third kappa shape index (κ3) is 3.18. The van der Waals surface area contributed by atoms with Crippen molar-refractivity contribution in [1.29, 1.82) is 0 Å². The smallest absolute Gasteiger partial charge is 0.0786 e. The first-order chi connectivity index (χ1) is 7.09. The Balaban J connectivity index is 1.71. The van der Waals surface area contributed by atoms with Crippen molar-refractivity contribution in [2.45, 2.75) is 64.0 Å². The maximum Gasteiger partial charge on any atom is 0.0786 e.